The number of carbonyl (C=O) groups is 1. The Kier molecular flexibility index (Phi) is 6.25. The lowest BCUT2D eigenvalue weighted by Crippen LogP contribution is -2.35. The van der Waals surface area contributed by atoms with E-state index in [4.69, 9.17) is 0 Å². The number of amides is 1. The van der Waals surface area contributed by atoms with Crippen LogP contribution in [0.4, 0.5) is 0 Å². The van der Waals surface area contributed by atoms with Crippen molar-refractivity contribution in [2.45, 2.75) is 43.9 Å². The van der Waals surface area contributed by atoms with Crippen molar-refractivity contribution < 1.29 is 13.2 Å². The molecule has 7 heteroatoms. The molecule has 152 valence electrons. The van der Waals surface area contributed by atoms with Crippen LogP contribution in [0.15, 0.2) is 41.3 Å². The highest BCUT2D eigenvalue weighted by Gasteiger charge is 2.30. The van der Waals surface area contributed by atoms with Crippen LogP contribution < -0.4 is 5.32 Å². The van der Waals surface area contributed by atoms with Crippen molar-refractivity contribution in [1.82, 2.24) is 14.2 Å². The summed E-state index contributed by atoms with van der Waals surface area (Å²) in [5, 5.41) is 2.94. The second-order valence-electron chi connectivity index (χ2n) is 7.52. The Morgan fingerprint density at radius 2 is 1.79 bits per heavy atom. The number of hydrogen-bond acceptors (Lipinski definition) is 3. The fourth-order valence-corrected chi connectivity index (χ4v) is 5.42. The van der Waals surface area contributed by atoms with E-state index in [-0.39, 0.29) is 16.7 Å². The van der Waals surface area contributed by atoms with E-state index >= 15 is 0 Å². The molecule has 0 saturated carbocycles. The second-order valence-corrected chi connectivity index (χ2v) is 9.43. The molecule has 1 aliphatic heterocycles. The highest BCUT2D eigenvalue weighted by Crippen LogP contribution is 2.26. The number of aromatic nitrogens is 1. The van der Waals surface area contributed by atoms with E-state index in [0.717, 1.165) is 24.8 Å². The fraction of sp³-hybridized carbons (Fsp3) is 0.476. The Morgan fingerprint density at radius 3 is 2.43 bits per heavy atom. The predicted octanol–water partition coefficient (Wildman–Crippen LogP) is 3.04. The molecule has 0 bridgehead atoms. The van der Waals surface area contributed by atoms with Gasteiger partial charge in [-0.1, -0.05) is 43.7 Å². The molecule has 3 rings (SSSR count). The highest BCUT2D eigenvalue weighted by molar-refractivity contribution is 7.89. The molecule has 1 aliphatic rings. The van der Waals surface area contributed by atoms with Crippen LogP contribution in [0.3, 0.4) is 0 Å². The first-order valence-corrected chi connectivity index (χ1v) is 11.3. The maximum atomic E-state index is 13.0. The largest absolute Gasteiger partial charge is 0.350 e. The normalized spacial score (nSPS) is 16.7. The van der Waals surface area contributed by atoms with Gasteiger partial charge in [0.25, 0.3) is 5.91 Å². The number of benzene rings is 1. The van der Waals surface area contributed by atoms with E-state index in [9.17, 15) is 13.2 Å². The van der Waals surface area contributed by atoms with Gasteiger partial charge in [0, 0.05) is 32.4 Å². The maximum absolute atomic E-state index is 13.0. The van der Waals surface area contributed by atoms with Gasteiger partial charge < -0.3 is 9.88 Å². The number of hydrogen-bond donors (Lipinski definition) is 1. The standard InChI is InChI=1S/C21H29N3O3S/c1-16(18-10-6-4-7-11-18)15-22-21(25)19-14-20(17(2)23(19)3)28(26,27)24-12-8-5-9-13-24/h4,6-7,10-11,14,16H,5,8-9,12-13,15H2,1-3H3,(H,22,25). The molecule has 2 heterocycles. The first-order chi connectivity index (χ1) is 13.3. The van der Waals surface area contributed by atoms with Crippen molar-refractivity contribution in [3.8, 4) is 0 Å². The minimum atomic E-state index is -3.57. The first-order valence-electron chi connectivity index (χ1n) is 9.82. The molecule has 0 radical (unpaired) electrons. The van der Waals surface area contributed by atoms with Crippen LogP contribution in [0.2, 0.25) is 0 Å². The van der Waals surface area contributed by atoms with E-state index in [2.05, 4.69) is 12.2 Å². The maximum Gasteiger partial charge on any atom is 0.267 e. The molecule has 1 atom stereocenters. The summed E-state index contributed by atoms with van der Waals surface area (Å²) in [6.07, 6.45) is 2.83. The van der Waals surface area contributed by atoms with Gasteiger partial charge in [-0.3, -0.25) is 4.79 Å². The average molecular weight is 404 g/mol. The summed E-state index contributed by atoms with van der Waals surface area (Å²) in [7, 11) is -1.83. The predicted molar refractivity (Wildman–Crippen MR) is 110 cm³/mol. The van der Waals surface area contributed by atoms with Gasteiger partial charge >= 0.3 is 0 Å². The van der Waals surface area contributed by atoms with E-state index in [1.807, 2.05) is 30.3 Å². The van der Waals surface area contributed by atoms with E-state index < -0.39 is 10.0 Å². The van der Waals surface area contributed by atoms with Gasteiger partial charge in [0.15, 0.2) is 0 Å². The van der Waals surface area contributed by atoms with Crippen LogP contribution in [-0.4, -0.2) is 42.8 Å². The molecule has 0 aliphatic carbocycles. The molecule has 2 aromatic rings. The van der Waals surface area contributed by atoms with Gasteiger partial charge in [-0.05, 0) is 37.3 Å². The summed E-state index contributed by atoms with van der Waals surface area (Å²) in [5.74, 6) is -0.0865. The number of rotatable bonds is 6. The molecular formula is C21H29N3O3S. The van der Waals surface area contributed by atoms with Crippen molar-refractivity contribution in [1.29, 1.82) is 0 Å². The van der Waals surface area contributed by atoms with Crippen LogP contribution in [0, 0.1) is 6.92 Å². The van der Waals surface area contributed by atoms with Gasteiger partial charge in [-0.25, -0.2) is 8.42 Å². The molecule has 0 spiro atoms. The van der Waals surface area contributed by atoms with Crippen LogP contribution >= 0.6 is 0 Å². The summed E-state index contributed by atoms with van der Waals surface area (Å²) >= 11 is 0. The number of nitrogens with one attached hydrogen (secondary N) is 1. The van der Waals surface area contributed by atoms with Crippen molar-refractivity contribution >= 4 is 15.9 Å². The van der Waals surface area contributed by atoms with Gasteiger partial charge in [0.2, 0.25) is 10.0 Å². The molecule has 1 N–H and O–H groups in total. The topological polar surface area (TPSA) is 71.4 Å². The van der Waals surface area contributed by atoms with E-state index in [1.165, 1.54) is 10.4 Å². The molecule has 1 fully saturated rings. The van der Waals surface area contributed by atoms with Gasteiger partial charge in [-0.2, -0.15) is 4.31 Å². The quantitative estimate of drug-likeness (QED) is 0.806. The number of sulfonamides is 1. The summed E-state index contributed by atoms with van der Waals surface area (Å²) in [5.41, 5.74) is 2.11. The zero-order chi connectivity index (χ0) is 20.3. The number of carbonyl (C=O) groups excluding carboxylic acids is 1. The van der Waals surface area contributed by atoms with Crippen LogP contribution in [-0.2, 0) is 17.1 Å². The molecule has 1 saturated heterocycles. The van der Waals surface area contributed by atoms with Crippen molar-refractivity contribution in [2.24, 2.45) is 7.05 Å². The zero-order valence-electron chi connectivity index (χ0n) is 16.8. The third-order valence-electron chi connectivity index (χ3n) is 5.59. The summed E-state index contributed by atoms with van der Waals surface area (Å²) in [6.45, 7) is 5.39. The van der Waals surface area contributed by atoms with E-state index in [1.54, 1.807) is 18.5 Å². The fourth-order valence-electron chi connectivity index (χ4n) is 3.63. The SMILES string of the molecule is Cc1c(S(=O)(=O)N2CCCCC2)cc(C(=O)NCC(C)c2ccccc2)n1C. The molecule has 1 aromatic carbocycles. The lowest BCUT2D eigenvalue weighted by Gasteiger charge is -2.25. The molecule has 1 amide bonds. The summed E-state index contributed by atoms with van der Waals surface area (Å²) in [4.78, 5) is 13.0. The smallest absolute Gasteiger partial charge is 0.267 e. The number of nitrogens with zero attached hydrogens (tertiary/aromatic N) is 2. The first kappa shape index (κ1) is 20.6. The van der Waals surface area contributed by atoms with Crippen LogP contribution in [0.25, 0.3) is 0 Å². The Morgan fingerprint density at radius 1 is 1.14 bits per heavy atom. The van der Waals surface area contributed by atoms with Crippen molar-refractivity contribution in [3.05, 3.63) is 53.3 Å². The van der Waals surface area contributed by atoms with E-state index in [0.29, 0.717) is 31.0 Å². The zero-order valence-corrected chi connectivity index (χ0v) is 17.6. The Labute approximate surface area is 167 Å². The third-order valence-corrected chi connectivity index (χ3v) is 7.61. The Bertz CT molecular complexity index is 929. The highest BCUT2D eigenvalue weighted by atomic mass is 32.2. The van der Waals surface area contributed by atoms with Gasteiger partial charge in [0.05, 0.1) is 0 Å². The summed E-state index contributed by atoms with van der Waals surface area (Å²) < 4.78 is 29.3. The molecule has 1 unspecified atom stereocenters. The van der Waals surface area contributed by atoms with Gasteiger partial charge in [-0.15, -0.1) is 0 Å². The molecule has 28 heavy (non-hydrogen) atoms. The minimum absolute atomic E-state index is 0.170. The summed E-state index contributed by atoms with van der Waals surface area (Å²) in [6, 6.07) is 11.5. The average Bonchev–Trinajstić information content (AvgIpc) is 3.03. The van der Waals surface area contributed by atoms with Gasteiger partial charge in [0.1, 0.15) is 10.6 Å². The molecule has 1 aromatic heterocycles. The van der Waals surface area contributed by atoms with Crippen LogP contribution in [0.5, 0.6) is 0 Å². The third kappa shape index (κ3) is 4.15. The van der Waals surface area contributed by atoms with Crippen molar-refractivity contribution in [3.63, 3.8) is 0 Å². The lowest BCUT2D eigenvalue weighted by atomic mass is 10.0. The molecule has 6 nitrogen and oxygen atoms in total. The van der Waals surface area contributed by atoms with Crippen LogP contribution in [0.1, 0.15) is 53.8 Å². The van der Waals surface area contributed by atoms with Crippen molar-refractivity contribution in [2.75, 3.05) is 19.6 Å². The molecular weight excluding hydrogens is 374 g/mol. The monoisotopic (exact) mass is 403 g/mol. The second kappa shape index (κ2) is 8.49. The minimum Gasteiger partial charge on any atom is -0.350 e. The Balaban J connectivity index is 1.76. The lowest BCUT2D eigenvalue weighted by molar-refractivity contribution is 0.0943. The number of piperidine rings is 1. The Hall–Kier alpha value is -2.12.